The average molecular weight is 441 g/mol. The number of rotatable bonds is 6. The van der Waals surface area contributed by atoms with Crippen molar-refractivity contribution in [2.24, 2.45) is 22.7 Å². The summed E-state index contributed by atoms with van der Waals surface area (Å²) >= 11 is 0. The summed E-state index contributed by atoms with van der Waals surface area (Å²) in [5, 5.41) is 0. The summed E-state index contributed by atoms with van der Waals surface area (Å²) in [6.07, 6.45) is -0.986. The molecule has 174 valence electrons. The fraction of sp³-hybridized carbons (Fsp3) is 0.667. The van der Waals surface area contributed by atoms with Crippen molar-refractivity contribution in [2.45, 2.75) is 72.6 Å². The Morgan fingerprint density at radius 2 is 1.97 bits per heavy atom. The van der Waals surface area contributed by atoms with Crippen LogP contribution in [-0.4, -0.2) is 31.5 Å². The van der Waals surface area contributed by atoms with E-state index in [9.17, 15) is 18.0 Å². The minimum absolute atomic E-state index is 0.0809. The van der Waals surface area contributed by atoms with E-state index in [-0.39, 0.29) is 18.6 Å². The van der Waals surface area contributed by atoms with Crippen LogP contribution in [0.1, 0.15) is 64.5 Å². The Labute approximate surface area is 183 Å². The summed E-state index contributed by atoms with van der Waals surface area (Å²) in [5.41, 5.74) is 0.257. The van der Waals surface area contributed by atoms with Crippen molar-refractivity contribution in [3.8, 4) is 0 Å². The molecule has 4 nitrogen and oxygen atoms in total. The zero-order chi connectivity index (χ0) is 23.3. The first kappa shape index (κ1) is 25.2. The van der Waals surface area contributed by atoms with Crippen LogP contribution in [0.25, 0.3) is 0 Å². The molecule has 0 amide bonds. The Morgan fingerprint density at radius 1 is 1.29 bits per heavy atom. The molecule has 1 aliphatic rings. The van der Waals surface area contributed by atoms with Gasteiger partial charge in [0.2, 0.25) is 0 Å². The molecule has 2 rings (SSSR count). The van der Waals surface area contributed by atoms with Crippen LogP contribution >= 0.6 is 0 Å². The number of benzene rings is 1. The lowest BCUT2D eigenvalue weighted by molar-refractivity contribution is -0.154. The van der Waals surface area contributed by atoms with E-state index in [0.29, 0.717) is 41.3 Å². The smallest absolute Gasteiger partial charge is 0.416 e. The third-order valence-electron chi connectivity index (χ3n) is 6.23. The van der Waals surface area contributed by atoms with Crippen molar-refractivity contribution in [1.29, 1.82) is 0 Å². The number of aliphatic imine (C=N–C) groups is 1. The van der Waals surface area contributed by atoms with E-state index >= 15 is 0 Å². The first-order valence-electron chi connectivity index (χ1n) is 11.1. The van der Waals surface area contributed by atoms with E-state index in [4.69, 9.17) is 4.74 Å². The topological polar surface area (TPSA) is 41.9 Å². The van der Waals surface area contributed by atoms with Crippen LogP contribution in [0.3, 0.4) is 0 Å². The first-order valence-corrected chi connectivity index (χ1v) is 11.1. The molecule has 31 heavy (non-hydrogen) atoms. The molecule has 3 atom stereocenters. The van der Waals surface area contributed by atoms with Gasteiger partial charge in [0, 0.05) is 19.2 Å². The van der Waals surface area contributed by atoms with E-state index in [1.165, 1.54) is 6.07 Å². The molecule has 0 bridgehead atoms. The summed E-state index contributed by atoms with van der Waals surface area (Å²) in [7, 11) is 1.62. The van der Waals surface area contributed by atoms with E-state index in [0.717, 1.165) is 31.4 Å². The van der Waals surface area contributed by atoms with Crippen LogP contribution in [0.2, 0.25) is 0 Å². The maximum absolute atomic E-state index is 13.1. The Hall–Kier alpha value is -2.05. The highest BCUT2D eigenvalue weighted by Gasteiger charge is 2.34. The number of esters is 1. The van der Waals surface area contributed by atoms with Gasteiger partial charge in [-0.1, -0.05) is 34.1 Å². The number of hydrogen-bond donors (Lipinski definition) is 0. The number of carbonyl (C=O) groups excluding carboxylic acids is 1. The monoisotopic (exact) mass is 440 g/mol. The lowest BCUT2D eigenvalue weighted by atomic mass is 9.75. The number of carbonyl (C=O) groups is 1. The lowest BCUT2D eigenvalue weighted by Crippen LogP contribution is -2.41. The van der Waals surface area contributed by atoms with Gasteiger partial charge in [-0.05, 0) is 61.3 Å². The summed E-state index contributed by atoms with van der Waals surface area (Å²) in [6, 6.07) is 3.56. The number of hydrogen-bond acceptors (Lipinski definition) is 3. The number of ether oxygens (including phenoxy) is 1. The van der Waals surface area contributed by atoms with E-state index in [2.05, 4.69) is 25.8 Å². The number of amidine groups is 1. The number of nitrogens with zero attached hydrogens (tertiary/aromatic N) is 2. The molecule has 0 radical (unpaired) electrons. The number of aryl methyl sites for hydroxylation is 1. The zero-order valence-corrected chi connectivity index (χ0v) is 19.4. The molecule has 1 saturated carbocycles. The SMILES string of the molecule is CC/C(=N\C)N(CC(=O)O[C@@H]1C[C@H](C)CC[C@H]1C(C)C)c1ccc(C(F)(F)F)cc1C. The highest BCUT2D eigenvalue weighted by Crippen LogP contribution is 2.36. The molecule has 0 aliphatic heterocycles. The van der Waals surface area contributed by atoms with E-state index < -0.39 is 11.7 Å². The number of alkyl halides is 3. The second kappa shape index (κ2) is 10.5. The Balaban J connectivity index is 2.26. The minimum atomic E-state index is -4.41. The van der Waals surface area contributed by atoms with Crippen LogP contribution in [0.4, 0.5) is 18.9 Å². The fourth-order valence-corrected chi connectivity index (χ4v) is 4.51. The van der Waals surface area contributed by atoms with Crippen molar-refractivity contribution >= 4 is 17.5 Å². The molecular formula is C24H35F3N2O2. The molecule has 0 unspecified atom stereocenters. The Morgan fingerprint density at radius 3 is 2.48 bits per heavy atom. The average Bonchev–Trinajstić information content (AvgIpc) is 2.67. The van der Waals surface area contributed by atoms with Crippen molar-refractivity contribution in [3.05, 3.63) is 29.3 Å². The quantitative estimate of drug-likeness (QED) is 0.298. The molecule has 1 aliphatic carbocycles. The Kier molecular flexibility index (Phi) is 8.55. The Bertz CT molecular complexity index is 790. The van der Waals surface area contributed by atoms with Crippen molar-refractivity contribution in [3.63, 3.8) is 0 Å². The van der Waals surface area contributed by atoms with Crippen LogP contribution < -0.4 is 4.90 Å². The van der Waals surface area contributed by atoms with Gasteiger partial charge in [0.1, 0.15) is 18.5 Å². The molecule has 0 heterocycles. The number of halogens is 3. The molecular weight excluding hydrogens is 405 g/mol. The maximum Gasteiger partial charge on any atom is 0.416 e. The molecule has 0 saturated heterocycles. The summed E-state index contributed by atoms with van der Waals surface area (Å²) < 4.78 is 45.2. The highest BCUT2D eigenvalue weighted by atomic mass is 19.4. The molecule has 0 aromatic heterocycles. The number of anilines is 1. The van der Waals surface area contributed by atoms with Gasteiger partial charge in [-0.3, -0.25) is 9.79 Å². The highest BCUT2D eigenvalue weighted by molar-refractivity contribution is 6.01. The van der Waals surface area contributed by atoms with Crippen LogP contribution in [0.5, 0.6) is 0 Å². The first-order chi connectivity index (χ1) is 14.5. The minimum Gasteiger partial charge on any atom is -0.461 e. The van der Waals surface area contributed by atoms with Gasteiger partial charge in [0.25, 0.3) is 0 Å². The molecule has 0 spiro atoms. The normalized spacial score (nSPS) is 22.5. The van der Waals surface area contributed by atoms with Gasteiger partial charge in [-0.15, -0.1) is 0 Å². The second-order valence-corrected chi connectivity index (χ2v) is 8.93. The summed E-state index contributed by atoms with van der Waals surface area (Å²) in [5.74, 6) is 1.49. The van der Waals surface area contributed by atoms with E-state index in [1.54, 1.807) is 18.9 Å². The standard InChI is InChI=1S/C24H35F3N2O2/c1-7-22(28-6)29(20-11-9-18(13-17(20)5)24(25,26)27)14-23(30)31-21-12-16(4)8-10-19(21)15(2)3/h9,11,13,15-16,19,21H,7-8,10,12,14H2,1-6H3/b28-22+/t16-,19+,21-/m1/s1. The van der Waals surface area contributed by atoms with E-state index in [1.807, 2.05) is 6.92 Å². The zero-order valence-electron chi connectivity index (χ0n) is 19.4. The van der Waals surface area contributed by atoms with Crippen molar-refractivity contribution < 1.29 is 22.7 Å². The largest absolute Gasteiger partial charge is 0.461 e. The summed E-state index contributed by atoms with van der Waals surface area (Å²) in [6.45, 7) is 9.91. The molecule has 0 N–H and O–H groups in total. The van der Waals surface area contributed by atoms with Crippen molar-refractivity contribution in [2.75, 3.05) is 18.5 Å². The van der Waals surface area contributed by atoms with Gasteiger partial charge in [0.15, 0.2) is 0 Å². The molecule has 7 heteroatoms. The van der Waals surface area contributed by atoms with Crippen molar-refractivity contribution in [1.82, 2.24) is 0 Å². The predicted octanol–water partition coefficient (Wildman–Crippen LogP) is 6.26. The third-order valence-corrected chi connectivity index (χ3v) is 6.23. The van der Waals surface area contributed by atoms with Gasteiger partial charge < -0.3 is 9.64 Å². The lowest BCUT2D eigenvalue weighted by Gasteiger charge is -2.37. The molecule has 1 fully saturated rings. The summed E-state index contributed by atoms with van der Waals surface area (Å²) in [4.78, 5) is 18.9. The third kappa shape index (κ3) is 6.47. The van der Waals surface area contributed by atoms with Crippen LogP contribution in [0.15, 0.2) is 23.2 Å². The van der Waals surface area contributed by atoms with Gasteiger partial charge in [0.05, 0.1) is 5.56 Å². The van der Waals surface area contributed by atoms with Gasteiger partial charge in [-0.2, -0.15) is 13.2 Å². The fourth-order valence-electron chi connectivity index (χ4n) is 4.51. The van der Waals surface area contributed by atoms with Crippen LogP contribution in [0, 0.1) is 24.7 Å². The van der Waals surface area contributed by atoms with Gasteiger partial charge >= 0.3 is 12.1 Å². The predicted molar refractivity (Wildman–Crippen MR) is 118 cm³/mol. The van der Waals surface area contributed by atoms with Gasteiger partial charge in [-0.25, -0.2) is 0 Å². The maximum atomic E-state index is 13.1. The molecule has 1 aromatic rings. The molecule has 1 aromatic carbocycles. The van der Waals surface area contributed by atoms with Crippen LogP contribution in [-0.2, 0) is 15.7 Å². The second-order valence-electron chi connectivity index (χ2n) is 8.93.